The Balaban J connectivity index is 5.72. The second-order valence-electron chi connectivity index (χ2n) is 7.84. The predicted octanol–water partition coefficient (Wildman–Crippen LogP) is -4.97. The summed E-state index contributed by atoms with van der Waals surface area (Å²) >= 11 is 0. The Bertz CT molecular complexity index is 845. The normalized spacial score (nSPS) is 14.8. The van der Waals surface area contributed by atoms with E-state index in [1.165, 1.54) is 6.92 Å². The molecule has 0 rings (SSSR count). The lowest BCUT2D eigenvalue weighted by Crippen LogP contribution is -2.58. The molecule has 17 nitrogen and oxygen atoms in total. The van der Waals surface area contributed by atoms with Crippen LogP contribution < -0.4 is 38.9 Å². The van der Waals surface area contributed by atoms with Gasteiger partial charge in [0, 0.05) is 13.0 Å². The Morgan fingerprint density at radius 1 is 0.833 bits per heavy atom. The molecule has 0 saturated carbocycles. The number of nitrogens with zero attached hydrogens (tertiary/aromatic N) is 1. The Labute approximate surface area is 206 Å². The van der Waals surface area contributed by atoms with Crippen LogP contribution in [-0.2, 0) is 28.8 Å². The molecule has 0 aromatic heterocycles. The summed E-state index contributed by atoms with van der Waals surface area (Å²) in [5, 5.41) is 34.3. The first-order chi connectivity index (χ1) is 16.6. The molecule has 0 aliphatic heterocycles. The smallest absolute Gasteiger partial charge is 0.326 e. The van der Waals surface area contributed by atoms with Crippen LogP contribution in [0.1, 0.15) is 39.0 Å². The van der Waals surface area contributed by atoms with Gasteiger partial charge >= 0.3 is 11.9 Å². The number of nitrogens with two attached hydrogens (primary N) is 4. The highest BCUT2D eigenvalue weighted by Crippen LogP contribution is 2.05. The second-order valence-corrected chi connectivity index (χ2v) is 7.84. The van der Waals surface area contributed by atoms with E-state index in [0.29, 0.717) is 0 Å². The number of aliphatic imine (C=N–C) groups is 1. The van der Waals surface area contributed by atoms with Gasteiger partial charge in [-0.25, -0.2) is 4.79 Å². The SMILES string of the molecule is CC(O)C(N)C(=O)NC(CCC(=O)O)C(=O)NC(CCCN=C(N)N)C(=O)NC(CC(N)=O)C(=O)O. The molecule has 5 unspecified atom stereocenters. The number of carboxylic acids is 2. The van der Waals surface area contributed by atoms with Gasteiger partial charge in [-0.15, -0.1) is 0 Å². The number of hydrogen-bond donors (Lipinski definition) is 10. The number of amides is 4. The number of aliphatic hydroxyl groups is 1. The van der Waals surface area contributed by atoms with E-state index in [1.807, 2.05) is 0 Å². The molecular formula is C19H34N8O9. The van der Waals surface area contributed by atoms with E-state index in [2.05, 4.69) is 20.9 Å². The molecule has 14 N–H and O–H groups in total. The van der Waals surface area contributed by atoms with E-state index in [-0.39, 0.29) is 31.8 Å². The molecule has 0 spiro atoms. The van der Waals surface area contributed by atoms with Crippen LogP contribution in [-0.4, -0.2) is 93.7 Å². The summed E-state index contributed by atoms with van der Waals surface area (Å²) in [4.78, 5) is 75.0. The van der Waals surface area contributed by atoms with Crippen molar-refractivity contribution >= 4 is 41.5 Å². The number of carbonyl (C=O) groups is 6. The van der Waals surface area contributed by atoms with Crippen LogP contribution in [0.3, 0.4) is 0 Å². The van der Waals surface area contributed by atoms with Crippen molar-refractivity contribution in [3.63, 3.8) is 0 Å². The van der Waals surface area contributed by atoms with Crippen LogP contribution in [0.4, 0.5) is 0 Å². The number of nitrogens with one attached hydrogen (secondary N) is 3. The molecule has 0 aromatic carbocycles. The highest BCUT2D eigenvalue weighted by atomic mass is 16.4. The Morgan fingerprint density at radius 2 is 1.33 bits per heavy atom. The lowest BCUT2D eigenvalue weighted by atomic mass is 10.1. The third-order valence-corrected chi connectivity index (χ3v) is 4.70. The summed E-state index contributed by atoms with van der Waals surface area (Å²) in [5.74, 6) is -6.97. The van der Waals surface area contributed by atoms with Crippen molar-refractivity contribution in [1.29, 1.82) is 0 Å². The topological polar surface area (TPSA) is 316 Å². The van der Waals surface area contributed by atoms with Crippen molar-refractivity contribution in [2.24, 2.45) is 27.9 Å². The highest BCUT2D eigenvalue weighted by molar-refractivity contribution is 5.95. The zero-order valence-corrected chi connectivity index (χ0v) is 19.7. The Morgan fingerprint density at radius 3 is 1.78 bits per heavy atom. The molecule has 0 aliphatic carbocycles. The van der Waals surface area contributed by atoms with Gasteiger partial charge in [-0.1, -0.05) is 0 Å². The number of carbonyl (C=O) groups excluding carboxylic acids is 4. The standard InChI is InChI=1S/C19H34N8O9/c1-8(28)14(21)17(34)26-10(4-5-13(30)31)16(33)25-9(3-2-6-24-19(22)23)15(32)27-11(18(35)36)7-12(20)29/h8-11,14,28H,2-7,21H2,1H3,(H2,20,29)(H,25,33)(H,26,34)(H,27,32)(H,30,31)(H,35,36)(H4,22,23,24). The largest absolute Gasteiger partial charge is 0.481 e. The number of hydrogen-bond acceptors (Lipinski definition) is 9. The molecule has 5 atom stereocenters. The van der Waals surface area contributed by atoms with E-state index in [4.69, 9.17) is 28.0 Å². The van der Waals surface area contributed by atoms with Crippen LogP contribution in [0.2, 0.25) is 0 Å². The van der Waals surface area contributed by atoms with Crippen LogP contribution in [0.25, 0.3) is 0 Å². The van der Waals surface area contributed by atoms with E-state index in [9.17, 15) is 39.0 Å². The average molecular weight is 519 g/mol. The second kappa shape index (κ2) is 15.8. The fraction of sp³-hybridized carbons (Fsp3) is 0.632. The summed E-state index contributed by atoms with van der Waals surface area (Å²) in [6.07, 6.45) is -2.89. The lowest BCUT2D eigenvalue weighted by molar-refractivity contribution is -0.143. The molecular weight excluding hydrogens is 484 g/mol. The van der Waals surface area contributed by atoms with Gasteiger partial charge in [0.2, 0.25) is 23.6 Å². The molecule has 36 heavy (non-hydrogen) atoms. The van der Waals surface area contributed by atoms with Crippen LogP contribution in [0.15, 0.2) is 4.99 Å². The van der Waals surface area contributed by atoms with Gasteiger partial charge in [-0.3, -0.25) is 29.0 Å². The van der Waals surface area contributed by atoms with Crippen molar-refractivity contribution in [3.8, 4) is 0 Å². The molecule has 0 radical (unpaired) electrons. The molecule has 204 valence electrons. The minimum absolute atomic E-state index is 0.0497. The summed E-state index contributed by atoms with van der Waals surface area (Å²) in [6, 6.07) is -5.96. The van der Waals surface area contributed by atoms with Gasteiger partial charge < -0.3 is 54.2 Å². The van der Waals surface area contributed by atoms with Crippen molar-refractivity contribution in [2.75, 3.05) is 6.54 Å². The van der Waals surface area contributed by atoms with E-state index in [1.54, 1.807) is 0 Å². The molecule has 0 saturated heterocycles. The summed E-state index contributed by atoms with van der Waals surface area (Å²) < 4.78 is 0. The summed E-state index contributed by atoms with van der Waals surface area (Å²) in [7, 11) is 0. The monoisotopic (exact) mass is 518 g/mol. The molecule has 17 heteroatoms. The zero-order valence-electron chi connectivity index (χ0n) is 19.7. The van der Waals surface area contributed by atoms with E-state index >= 15 is 0 Å². The molecule has 0 fully saturated rings. The molecule has 0 aromatic rings. The first kappa shape index (κ1) is 32.0. The van der Waals surface area contributed by atoms with Gasteiger partial charge in [0.25, 0.3) is 0 Å². The van der Waals surface area contributed by atoms with Gasteiger partial charge in [-0.2, -0.15) is 0 Å². The van der Waals surface area contributed by atoms with Crippen LogP contribution >= 0.6 is 0 Å². The van der Waals surface area contributed by atoms with Gasteiger partial charge in [-0.05, 0) is 26.2 Å². The average Bonchev–Trinajstić information content (AvgIpc) is 2.76. The number of rotatable bonds is 17. The van der Waals surface area contributed by atoms with Crippen LogP contribution in [0, 0.1) is 0 Å². The molecule has 0 bridgehead atoms. The van der Waals surface area contributed by atoms with Crippen molar-refractivity contribution in [1.82, 2.24) is 16.0 Å². The highest BCUT2D eigenvalue weighted by Gasteiger charge is 2.31. The predicted molar refractivity (Wildman–Crippen MR) is 124 cm³/mol. The first-order valence-electron chi connectivity index (χ1n) is 10.8. The van der Waals surface area contributed by atoms with Gasteiger partial charge in [0.1, 0.15) is 24.2 Å². The van der Waals surface area contributed by atoms with Crippen molar-refractivity contribution < 1.29 is 44.1 Å². The maximum absolute atomic E-state index is 12.9. The lowest BCUT2D eigenvalue weighted by Gasteiger charge is -2.25. The third kappa shape index (κ3) is 13.0. The number of primary amides is 1. The summed E-state index contributed by atoms with van der Waals surface area (Å²) in [5.41, 5.74) is 21.0. The summed E-state index contributed by atoms with van der Waals surface area (Å²) in [6.45, 7) is 1.28. The van der Waals surface area contributed by atoms with E-state index < -0.39 is 78.7 Å². The molecule has 4 amide bonds. The minimum Gasteiger partial charge on any atom is -0.481 e. The minimum atomic E-state index is -1.68. The Hall–Kier alpha value is -3.99. The quantitative estimate of drug-likeness (QED) is 0.0491. The fourth-order valence-corrected chi connectivity index (χ4v) is 2.74. The fourth-order valence-electron chi connectivity index (χ4n) is 2.74. The maximum Gasteiger partial charge on any atom is 0.326 e. The third-order valence-electron chi connectivity index (χ3n) is 4.70. The first-order valence-corrected chi connectivity index (χ1v) is 10.8. The zero-order chi connectivity index (χ0) is 28.0. The Kier molecular flexibility index (Phi) is 14.1. The number of aliphatic carboxylic acids is 2. The molecule has 0 aliphatic rings. The van der Waals surface area contributed by atoms with Crippen LogP contribution in [0.5, 0.6) is 0 Å². The van der Waals surface area contributed by atoms with E-state index in [0.717, 1.165) is 0 Å². The number of carboxylic acid groups (broad SMARTS) is 2. The van der Waals surface area contributed by atoms with Crippen molar-refractivity contribution in [3.05, 3.63) is 0 Å². The van der Waals surface area contributed by atoms with Gasteiger partial charge in [0.05, 0.1) is 12.5 Å². The van der Waals surface area contributed by atoms with Gasteiger partial charge in [0.15, 0.2) is 5.96 Å². The number of guanidine groups is 1. The molecule has 0 heterocycles. The number of aliphatic hydroxyl groups excluding tert-OH is 1. The maximum atomic E-state index is 12.9. The van der Waals surface area contributed by atoms with Crippen molar-refractivity contribution in [2.45, 2.75) is 69.3 Å².